The normalized spacial score (nSPS) is 10.9. The van der Waals surface area contributed by atoms with Crippen molar-refractivity contribution in [3.05, 3.63) is 29.8 Å². The Morgan fingerprint density at radius 3 is 3.07 bits per heavy atom. The summed E-state index contributed by atoms with van der Waals surface area (Å²) in [5.41, 5.74) is 9.28. The van der Waals surface area contributed by atoms with Gasteiger partial charge < -0.3 is 10.3 Å². The van der Waals surface area contributed by atoms with Gasteiger partial charge in [0.25, 0.3) is 0 Å². The molecule has 0 saturated heterocycles. The Morgan fingerprint density at radius 2 is 2.27 bits per heavy atom. The lowest BCUT2D eigenvalue weighted by atomic mass is 10.1. The summed E-state index contributed by atoms with van der Waals surface area (Å²) >= 11 is 1.58. The van der Waals surface area contributed by atoms with Gasteiger partial charge in [0, 0.05) is 11.6 Å². The van der Waals surface area contributed by atoms with Crippen LogP contribution in [0, 0.1) is 0 Å². The Labute approximate surface area is 89.3 Å². The van der Waals surface area contributed by atoms with Crippen LogP contribution < -0.4 is 5.73 Å². The molecule has 15 heavy (non-hydrogen) atoms. The lowest BCUT2D eigenvalue weighted by molar-refractivity contribution is 0.436. The summed E-state index contributed by atoms with van der Waals surface area (Å²) in [5.74, 6) is 1.08. The molecule has 0 spiro atoms. The number of rotatable bonds is 1. The van der Waals surface area contributed by atoms with E-state index in [9.17, 15) is 0 Å². The topological polar surface area (TPSA) is 64.9 Å². The largest absolute Gasteiger partial charge is 0.381 e. The second kappa shape index (κ2) is 3.06. The van der Waals surface area contributed by atoms with Crippen LogP contribution in [0.3, 0.4) is 0 Å². The minimum absolute atomic E-state index is 0.395. The number of benzene rings is 1. The van der Waals surface area contributed by atoms with E-state index < -0.39 is 0 Å². The average Bonchev–Trinajstić information content (AvgIpc) is 2.84. The molecular formula is C10H7N3OS. The maximum Gasteiger partial charge on any atom is 0.170 e. The van der Waals surface area contributed by atoms with E-state index in [-0.39, 0.29) is 0 Å². The smallest absolute Gasteiger partial charge is 0.170 e. The Bertz CT molecular complexity index is 614. The van der Waals surface area contributed by atoms with Crippen LogP contribution in [-0.2, 0) is 0 Å². The summed E-state index contributed by atoms with van der Waals surface area (Å²) in [6.45, 7) is 0. The lowest BCUT2D eigenvalue weighted by Gasteiger charge is -1.95. The molecule has 0 saturated carbocycles. The highest BCUT2D eigenvalue weighted by molar-refractivity contribution is 7.17. The van der Waals surface area contributed by atoms with E-state index in [0.717, 1.165) is 15.8 Å². The average molecular weight is 217 g/mol. The summed E-state index contributed by atoms with van der Waals surface area (Å²) < 4.78 is 6.22. The number of aromatic nitrogens is 2. The summed E-state index contributed by atoms with van der Waals surface area (Å²) in [6.07, 6.45) is 0. The minimum Gasteiger partial charge on any atom is -0.381 e. The van der Waals surface area contributed by atoms with Gasteiger partial charge in [-0.25, -0.2) is 4.98 Å². The Balaban J connectivity index is 2.30. The van der Waals surface area contributed by atoms with Gasteiger partial charge in [0.2, 0.25) is 0 Å². The molecule has 0 amide bonds. The lowest BCUT2D eigenvalue weighted by Crippen LogP contribution is -1.80. The van der Waals surface area contributed by atoms with Gasteiger partial charge in [-0.1, -0.05) is 11.2 Å². The van der Waals surface area contributed by atoms with Crippen molar-refractivity contribution >= 4 is 27.4 Å². The van der Waals surface area contributed by atoms with Crippen LogP contribution in [-0.4, -0.2) is 10.1 Å². The maximum absolute atomic E-state index is 5.52. The summed E-state index contributed by atoms with van der Waals surface area (Å²) in [4.78, 5) is 4.24. The van der Waals surface area contributed by atoms with Crippen molar-refractivity contribution in [3.8, 4) is 11.3 Å². The van der Waals surface area contributed by atoms with Gasteiger partial charge in [-0.15, -0.1) is 11.3 Å². The zero-order valence-electron chi connectivity index (χ0n) is 7.68. The SMILES string of the molecule is Nc1cc(-c2cccc3ncsc23)on1. The van der Waals surface area contributed by atoms with Crippen molar-refractivity contribution in [2.75, 3.05) is 5.73 Å². The van der Waals surface area contributed by atoms with E-state index in [4.69, 9.17) is 10.3 Å². The van der Waals surface area contributed by atoms with Crippen LogP contribution in [0.4, 0.5) is 5.82 Å². The van der Waals surface area contributed by atoms with Gasteiger partial charge >= 0.3 is 0 Å². The van der Waals surface area contributed by atoms with Gasteiger partial charge in [0.05, 0.1) is 15.7 Å². The molecule has 74 valence electrons. The number of nitrogen functional groups attached to an aromatic ring is 1. The molecular weight excluding hydrogens is 210 g/mol. The van der Waals surface area contributed by atoms with Gasteiger partial charge in [0.1, 0.15) is 0 Å². The summed E-state index contributed by atoms with van der Waals surface area (Å²) in [6, 6.07) is 7.60. The molecule has 0 atom stereocenters. The van der Waals surface area contributed by atoms with E-state index in [0.29, 0.717) is 11.6 Å². The summed E-state index contributed by atoms with van der Waals surface area (Å²) in [7, 11) is 0. The number of nitrogens with zero attached hydrogens (tertiary/aromatic N) is 2. The third kappa shape index (κ3) is 1.28. The number of hydrogen-bond donors (Lipinski definition) is 1. The van der Waals surface area contributed by atoms with Crippen molar-refractivity contribution in [2.45, 2.75) is 0 Å². The first-order valence-electron chi connectivity index (χ1n) is 4.39. The van der Waals surface area contributed by atoms with Crippen LogP contribution in [0.2, 0.25) is 0 Å². The van der Waals surface area contributed by atoms with Crippen molar-refractivity contribution in [1.29, 1.82) is 0 Å². The van der Waals surface area contributed by atoms with Gasteiger partial charge in [-0.2, -0.15) is 0 Å². The first-order chi connectivity index (χ1) is 7.34. The zero-order chi connectivity index (χ0) is 10.3. The molecule has 2 heterocycles. The Hall–Kier alpha value is -1.88. The number of thiazole rings is 1. The fourth-order valence-electron chi connectivity index (χ4n) is 1.50. The highest BCUT2D eigenvalue weighted by atomic mass is 32.1. The molecule has 0 radical (unpaired) electrons. The summed E-state index contributed by atoms with van der Waals surface area (Å²) in [5, 5.41) is 3.67. The molecule has 2 N–H and O–H groups in total. The van der Waals surface area contributed by atoms with E-state index in [2.05, 4.69) is 10.1 Å². The second-order valence-electron chi connectivity index (χ2n) is 3.12. The van der Waals surface area contributed by atoms with E-state index in [1.807, 2.05) is 23.7 Å². The van der Waals surface area contributed by atoms with Crippen LogP contribution in [0.25, 0.3) is 21.5 Å². The molecule has 0 aliphatic heterocycles. The second-order valence-corrected chi connectivity index (χ2v) is 3.98. The molecule has 4 nitrogen and oxygen atoms in total. The van der Waals surface area contributed by atoms with Crippen LogP contribution in [0.1, 0.15) is 0 Å². The molecule has 0 bridgehead atoms. The van der Waals surface area contributed by atoms with E-state index in [1.54, 1.807) is 17.4 Å². The molecule has 3 rings (SSSR count). The van der Waals surface area contributed by atoms with Gasteiger partial charge in [0.15, 0.2) is 11.6 Å². The first-order valence-corrected chi connectivity index (χ1v) is 5.27. The van der Waals surface area contributed by atoms with Crippen LogP contribution in [0.15, 0.2) is 34.3 Å². The standard InChI is InChI=1S/C10H7N3OS/c11-9-4-8(14-13-9)6-2-1-3-7-10(6)15-5-12-7/h1-5H,(H2,11,13). The van der Waals surface area contributed by atoms with Crippen LogP contribution in [0.5, 0.6) is 0 Å². The van der Waals surface area contributed by atoms with Crippen molar-refractivity contribution in [2.24, 2.45) is 0 Å². The number of fused-ring (bicyclic) bond motifs is 1. The molecule has 0 fully saturated rings. The van der Waals surface area contributed by atoms with Gasteiger partial charge in [-0.05, 0) is 12.1 Å². The fourth-order valence-corrected chi connectivity index (χ4v) is 2.30. The number of nitrogens with two attached hydrogens (primary N) is 1. The maximum atomic E-state index is 5.52. The molecule has 0 aliphatic rings. The molecule has 2 aromatic heterocycles. The molecule has 1 aromatic carbocycles. The van der Waals surface area contributed by atoms with Crippen molar-refractivity contribution in [3.63, 3.8) is 0 Å². The highest BCUT2D eigenvalue weighted by Crippen LogP contribution is 2.31. The molecule has 3 aromatic rings. The number of hydrogen-bond acceptors (Lipinski definition) is 5. The van der Waals surface area contributed by atoms with Gasteiger partial charge in [-0.3, -0.25) is 0 Å². The number of anilines is 1. The minimum atomic E-state index is 0.395. The third-order valence-electron chi connectivity index (χ3n) is 2.15. The van der Waals surface area contributed by atoms with Crippen molar-refractivity contribution < 1.29 is 4.52 Å². The van der Waals surface area contributed by atoms with E-state index >= 15 is 0 Å². The Morgan fingerprint density at radius 1 is 1.33 bits per heavy atom. The van der Waals surface area contributed by atoms with Crippen LogP contribution >= 0.6 is 11.3 Å². The predicted octanol–water partition coefficient (Wildman–Crippen LogP) is 2.53. The fraction of sp³-hybridized carbons (Fsp3) is 0. The molecule has 5 heteroatoms. The third-order valence-corrected chi connectivity index (χ3v) is 3.03. The quantitative estimate of drug-likeness (QED) is 0.680. The molecule has 0 aliphatic carbocycles. The Kier molecular flexibility index (Phi) is 1.72. The van der Waals surface area contributed by atoms with E-state index in [1.165, 1.54) is 0 Å². The first kappa shape index (κ1) is 8.43. The monoisotopic (exact) mass is 217 g/mol. The highest BCUT2D eigenvalue weighted by Gasteiger charge is 2.09. The molecule has 0 unspecified atom stereocenters. The zero-order valence-corrected chi connectivity index (χ0v) is 8.49. The predicted molar refractivity (Wildman–Crippen MR) is 59.5 cm³/mol. The van der Waals surface area contributed by atoms with Crippen molar-refractivity contribution in [1.82, 2.24) is 10.1 Å².